The van der Waals surface area contributed by atoms with Gasteiger partial charge in [-0.15, -0.1) is 0 Å². The van der Waals surface area contributed by atoms with Gasteiger partial charge in [0.25, 0.3) is 0 Å². The molecule has 2 saturated heterocycles. The summed E-state index contributed by atoms with van der Waals surface area (Å²) in [5.74, 6) is 0.344. The second-order valence-corrected chi connectivity index (χ2v) is 11.3. The number of hydrogen-bond acceptors (Lipinski definition) is 8. The largest absolute Gasteiger partial charge is 0.495 e. The Morgan fingerprint density at radius 1 is 1.29 bits per heavy atom. The molecule has 1 amide bonds. The molecule has 210 valence electrons. The Morgan fingerprint density at radius 2 is 2.03 bits per heavy atom. The number of alkyl carbamates (subject to hydrolysis) is 1. The van der Waals surface area contributed by atoms with E-state index in [1.807, 2.05) is 39.0 Å². The van der Waals surface area contributed by atoms with Gasteiger partial charge in [-0.3, -0.25) is 5.32 Å². The van der Waals surface area contributed by atoms with Crippen molar-refractivity contribution in [2.45, 2.75) is 82.3 Å². The van der Waals surface area contributed by atoms with Crippen LogP contribution in [0.5, 0.6) is 5.75 Å². The number of methoxy groups -OCH3 is 2. The molecule has 9 nitrogen and oxygen atoms in total. The number of carbonyl (C=O) groups is 1. The Balaban J connectivity index is 1.71. The van der Waals surface area contributed by atoms with Gasteiger partial charge in [-0.05, 0) is 50.8 Å². The van der Waals surface area contributed by atoms with Crippen molar-refractivity contribution in [2.75, 3.05) is 26.2 Å². The molecule has 4 rings (SSSR count). The van der Waals surface area contributed by atoms with Crippen molar-refractivity contribution >= 4 is 23.4 Å². The van der Waals surface area contributed by atoms with Gasteiger partial charge in [0.15, 0.2) is 5.72 Å². The van der Waals surface area contributed by atoms with Gasteiger partial charge in [0.2, 0.25) is 0 Å². The number of hydrogen-bond donors (Lipinski definition) is 3. The molecule has 10 heteroatoms. The number of anilines is 1. The summed E-state index contributed by atoms with van der Waals surface area (Å²) in [7, 11) is 4.86. The fourth-order valence-electron chi connectivity index (χ4n) is 5.59. The SMILES string of the molecule is COc1cc2cc(c1Cl)N(C)C(O)CC[C@]1(C)O[C@H]1[C@H](C)[C@@H]1C[C@@](O)(NC(=O)O1)[C@H](OC)/C=C/C=C(\C)C2. The van der Waals surface area contributed by atoms with Crippen LogP contribution in [-0.2, 0) is 20.6 Å². The summed E-state index contributed by atoms with van der Waals surface area (Å²) in [5, 5.41) is 25.5. The molecule has 0 aromatic heterocycles. The van der Waals surface area contributed by atoms with E-state index in [2.05, 4.69) is 5.32 Å². The molecule has 0 radical (unpaired) electrons. The van der Waals surface area contributed by atoms with Gasteiger partial charge < -0.3 is 34.1 Å². The van der Waals surface area contributed by atoms with Crippen molar-refractivity contribution in [1.82, 2.24) is 5.32 Å². The molecule has 3 aliphatic heterocycles. The first-order valence-electron chi connectivity index (χ1n) is 12.9. The number of aliphatic hydroxyl groups is 2. The maximum absolute atomic E-state index is 12.5. The maximum atomic E-state index is 12.5. The Bertz CT molecular complexity index is 1110. The molecule has 1 unspecified atom stereocenters. The lowest BCUT2D eigenvalue weighted by Crippen LogP contribution is -2.63. The zero-order valence-corrected chi connectivity index (χ0v) is 23.6. The number of halogens is 1. The minimum atomic E-state index is -1.65. The van der Waals surface area contributed by atoms with E-state index in [1.54, 1.807) is 31.2 Å². The zero-order valence-electron chi connectivity index (χ0n) is 22.9. The second-order valence-electron chi connectivity index (χ2n) is 10.9. The number of fused-ring (bicyclic) bond motifs is 5. The van der Waals surface area contributed by atoms with E-state index >= 15 is 0 Å². The zero-order chi connectivity index (χ0) is 27.8. The van der Waals surface area contributed by atoms with E-state index in [0.29, 0.717) is 35.7 Å². The molecule has 0 saturated carbocycles. The second kappa shape index (κ2) is 11.1. The molecule has 1 aromatic carbocycles. The predicted octanol–water partition coefficient (Wildman–Crippen LogP) is 3.94. The number of aliphatic hydroxyl groups excluding tert-OH is 1. The lowest BCUT2D eigenvalue weighted by atomic mass is 9.84. The molecule has 1 aromatic rings. The van der Waals surface area contributed by atoms with Crippen LogP contribution in [0.1, 0.15) is 45.6 Å². The van der Waals surface area contributed by atoms with Crippen LogP contribution in [0.25, 0.3) is 0 Å². The van der Waals surface area contributed by atoms with Crippen molar-refractivity contribution in [3.63, 3.8) is 0 Å². The van der Waals surface area contributed by atoms with Crippen LogP contribution < -0.4 is 15.0 Å². The van der Waals surface area contributed by atoms with E-state index in [1.165, 1.54) is 7.11 Å². The van der Waals surface area contributed by atoms with Crippen molar-refractivity contribution in [3.05, 3.63) is 46.5 Å². The minimum absolute atomic E-state index is 0.136. The summed E-state index contributed by atoms with van der Waals surface area (Å²) in [6.45, 7) is 5.93. The molecular weight excluding hydrogens is 512 g/mol. The van der Waals surface area contributed by atoms with E-state index < -0.39 is 35.9 Å². The third-order valence-corrected chi connectivity index (χ3v) is 8.37. The summed E-state index contributed by atoms with van der Waals surface area (Å²) in [4.78, 5) is 14.2. The van der Waals surface area contributed by atoms with Crippen LogP contribution in [0.15, 0.2) is 35.9 Å². The number of allylic oxidation sites excluding steroid dienone is 3. The number of amides is 1. The maximum Gasteiger partial charge on any atom is 0.409 e. The third kappa shape index (κ3) is 5.82. The van der Waals surface area contributed by atoms with Gasteiger partial charge in [0.05, 0.1) is 24.5 Å². The predicted molar refractivity (Wildman–Crippen MR) is 144 cm³/mol. The Morgan fingerprint density at radius 3 is 2.71 bits per heavy atom. The molecule has 3 N–H and O–H groups in total. The first-order valence-corrected chi connectivity index (χ1v) is 13.3. The van der Waals surface area contributed by atoms with Crippen LogP contribution in [-0.4, -0.2) is 73.4 Å². The summed E-state index contributed by atoms with van der Waals surface area (Å²) >= 11 is 6.65. The van der Waals surface area contributed by atoms with Crippen LogP contribution >= 0.6 is 11.6 Å². The molecular formula is C28H39ClN2O7. The van der Waals surface area contributed by atoms with Gasteiger partial charge in [-0.25, -0.2) is 4.79 Å². The number of epoxide rings is 1. The van der Waals surface area contributed by atoms with Crippen LogP contribution in [0.4, 0.5) is 10.5 Å². The number of rotatable bonds is 2. The average Bonchev–Trinajstić information content (AvgIpc) is 3.55. The van der Waals surface area contributed by atoms with Gasteiger partial charge in [0, 0.05) is 26.5 Å². The summed E-state index contributed by atoms with van der Waals surface area (Å²) in [6.07, 6.45) is 4.13. The third-order valence-electron chi connectivity index (χ3n) is 7.99. The molecule has 3 aliphatic rings. The average molecular weight is 551 g/mol. The first-order chi connectivity index (χ1) is 17.9. The number of nitrogens with one attached hydrogen (secondary N) is 1. The van der Waals surface area contributed by atoms with E-state index in [-0.39, 0.29) is 18.4 Å². The molecule has 0 aliphatic carbocycles. The van der Waals surface area contributed by atoms with Crippen LogP contribution in [0.2, 0.25) is 5.02 Å². The lowest BCUT2D eigenvalue weighted by molar-refractivity contribution is -0.142. The number of ether oxygens (including phenoxy) is 4. The van der Waals surface area contributed by atoms with Crippen molar-refractivity contribution in [2.24, 2.45) is 5.92 Å². The topological polar surface area (TPSA) is 113 Å². The van der Waals surface area contributed by atoms with E-state index in [4.69, 9.17) is 30.5 Å². The van der Waals surface area contributed by atoms with Crippen LogP contribution in [0.3, 0.4) is 0 Å². The monoisotopic (exact) mass is 550 g/mol. The Labute approximate surface area is 229 Å². The number of benzene rings is 1. The highest BCUT2D eigenvalue weighted by atomic mass is 35.5. The fourth-order valence-corrected chi connectivity index (χ4v) is 5.91. The molecule has 38 heavy (non-hydrogen) atoms. The van der Waals surface area contributed by atoms with Crippen LogP contribution in [0, 0.1) is 5.92 Å². The standard InChI is InChI=1S/C28H39ClN2O7/c1-16-8-7-9-22(36-6)28(34)15-21(37-26(33)30-28)17(2)25-27(3,38-25)11-10-23(32)31(4)19-13-18(12-16)14-20(35-5)24(19)29/h7-9,13-14,17,21-23,25,32,34H,10-12,15H2,1-6H3,(H,30,33)/b9-7+,16-8+/t17-,21+,22-,23?,25+,27+,28+/m1/s1. The molecule has 3 heterocycles. The van der Waals surface area contributed by atoms with Gasteiger partial charge >= 0.3 is 6.09 Å². The fraction of sp³-hybridized carbons (Fsp3) is 0.607. The van der Waals surface area contributed by atoms with E-state index in [0.717, 1.165) is 11.1 Å². The minimum Gasteiger partial charge on any atom is -0.495 e. The summed E-state index contributed by atoms with van der Waals surface area (Å²) < 4.78 is 22.8. The summed E-state index contributed by atoms with van der Waals surface area (Å²) in [5.41, 5.74) is 0.535. The first kappa shape index (κ1) is 28.7. The summed E-state index contributed by atoms with van der Waals surface area (Å²) in [6, 6.07) is 3.85. The van der Waals surface area contributed by atoms with Crippen molar-refractivity contribution in [3.8, 4) is 5.75 Å². The van der Waals surface area contributed by atoms with Crippen molar-refractivity contribution < 1.29 is 34.0 Å². The number of carbonyl (C=O) groups excluding carboxylic acids is 1. The molecule has 7 atom stereocenters. The molecule has 2 fully saturated rings. The van der Waals surface area contributed by atoms with E-state index in [9.17, 15) is 15.0 Å². The highest BCUT2D eigenvalue weighted by Gasteiger charge is 2.58. The quantitative estimate of drug-likeness (QED) is 0.475. The molecule has 0 spiro atoms. The van der Waals surface area contributed by atoms with Gasteiger partial charge in [0.1, 0.15) is 29.2 Å². The normalized spacial score (nSPS) is 38.2. The molecule has 4 bridgehead atoms. The van der Waals surface area contributed by atoms with Gasteiger partial charge in [-0.1, -0.05) is 42.3 Å². The number of nitrogens with zero attached hydrogens (tertiary/aromatic N) is 1. The Kier molecular flexibility index (Phi) is 8.35. The Hall–Kier alpha value is -2.30. The van der Waals surface area contributed by atoms with Crippen molar-refractivity contribution in [1.29, 1.82) is 0 Å². The highest BCUT2D eigenvalue weighted by molar-refractivity contribution is 6.34. The highest BCUT2D eigenvalue weighted by Crippen LogP contribution is 2.48. The van der Waals surface area contributed by atoms with Gasteiger partial charge in [-0.2, -0.15) is 0 Å². The lowest BCUT2D eigenvalue weighted by Gasteiger charge is -2.42. The smallest absolute Gasteiger partial charge is 0.409 e.